The smallest absolute Gasteiger partial charge is 0.226 e. The van der Waals surface area contributed by atoms with Gasteiger partial charge in [-0.15, -0.1) is 0 Å². The van der Waals surface area contributed by atoms with Crippen LogP contribution in [0.5, 0.6) is 0 Å². The van der Waals surface area contributed by atoms with Crippen LogP contribution in [0, 0.1) is 6.42 Å². The van der Waals surface area contributed by atoms with Crippen LogP contribution in [0.1, 0.15) is 47.5 Å². The van der Waals surface area contributed by atoms with Crippen molar-refractivity contribution < 1.29 is 4.79 Å². The highest BCUT2D eigenvalue weighted by atomic mass is 16.2. The minimum absolute atomic E-state index is 0.156. The van der Waals surface area contributed by atoms with Gasteiger partial charge in [0, 0.05) is 18.5 Å². The van der Waals surface area contributed by atoms with Crippen molar-refractivity contribution >= 4 is 5.91 Å². The van der Waals surface area contributed by atoms with E-state index >= 15 is 0 Å². The third-order valence-electron chi connectivity index (χ3n) is 2.63. The number of nitrogens with zero attached hydrogens (tertiary/aromatic N) is 1. The Bertz CT molecular complexity index is 146. The molecule has 0 rings (SSSR count). The molecule has 0 spiro atoms. The molecule has 1 radical (unpaired) electrons. The molecule has 0 N–H and O–H groups in total. The van der Waals surface area contributed by atoms with Crippen molar-refractivity contribution in [3.63, 3.8) is 0 Å². The fraction of sp³-hybridized carbons (Fsp3) is 0.818. The zero-order chi connectivity index (χ0) is 10.4. The molecule has 0 aromatic carbocycles. The second-order valence-corrected chi connectivity index (χ2v) is 3.55. The van der Waals surface area contributed by atoms with E-state index in [4.69, 9.17) is 0 Å². The molecule has 0 aromatic rings. The second-order valence-electron chi connectivity index (χ2n) is 3.55. The molecule has 0 saturated carbocycles. The van der Waals surface area contributed by atoms with Crippen LogP contribution in [0.4, 0.5) is 0 Å². The third kappa shape index (κ3) is 3.37. The Hall–Kier alpha value is -0.530. The molecule has 2 nitrogen and oxygen atoms in total. The Morgan fingerprint density at radius 1 is 1.23 bits per heavy atom. The average Bonchev–Trinajstić information content (AvgIpc) is 2.16. The molecule has 2 heteroatoms. The summed E-state index contributed by atoms with van der Waals surface area (Å²) >= 11 is 0. The Morgan fingerprint density at radius 3 is 1.85 bits per heavy atom. The third-order valence-corrected chi connectivity index (χ3v) is 2.63. The Kier molecular flexibility index (Phi) is 5.76. The molecule has 77 valence electrons. The maximum Gasteiger partial charge on any atom is 0.226 e. The van der Waals surface area contributed by atoms with E-state index in [1.54, 1.807) is 13.3 Å². The number of hydrogen-bond donors (Lipinski definition) is 0. The summed E-state index contributed by atoms with van der Waals surface area (Å²) in [6.07, 6.45) is 3.69. The van der Waals surface area contributed by atoms with Gasteiger partial charge in [-0.1, -0.05) is 20.8 Å². The molecule has 0 saturated heterocycles. The first-order valence-corrected chi connectivity index (χ1v) is 5.20. The zero-order valence-corrected chi connectivity index (χ0v) is 9.50. The lowest BCUT2D eigenvalue weighted by Gasteiger charge is -2.33. The number of carbonyl (C=O) groups is 1. The molecule has 0 aliphatic carbocycles. The Balaban J connectivity index is 4.44. The number of amides is 1. The Morgan fingerprint density at radius 2 is 1.62 bits per heavy atom. The van der Waals surface area contributed by atoms with E-state index in [1.807, 2.05) is 4.90 Å². The van der Waals surface area contributed by atoms with Gasteiger partial charge in [0.25, 0.3) is 0 Å². The SMILES string of the molecule is C[CH]C(=O)N(C(C)CC)C(C)CC. The molecule has 0 aliphatic rings. The minimum atomic E-state index is 0.156. The van der Waals surface area contributed by atoms with Gasteiger partial charge in [0.1, 0.15) is 0 Å². The summed E-state index contributed by atoms with van der Waals surface area (Å²) in [4.78, 5) is 13.6. The standard InChI is InChI=1S/C11H22NO/c1-6-9(4)12(10(5)7-2)11(13)8-3/h8-10H,6-7H2,1-5H3. The van der Waals surface area contributed by atoms with Crippen LogP contribution in [0.2, 0.25) is 0 Å². The van der Waals surface area contributed by atoms with Gasteiger partial charge < -0.3 is 4.90 Å². The lowest BCUT2D eigenvalue weighted by atomic mass is 10.1. The van der Waals surface area contributed by atoms with Crippen LogP contribution in [0.25, 0.3) is 0 Å². The molecular formula is C11H22NO. The quantitative estimate of drug-likeness (QED) is 0.643. The van der Waals surface area contributed by atoms with Crippen molar-refractivity contribution in [2.24, 2.45) is 0 Å². The van der Waals surface area contributed by atoms with Crippen LogP contribution in [0.15, 0.2) is 0 Å². The second kappa shape index (κ2) is 6.01. The molecule has 13 heavy (non-hydrogen) atoms. The van der Waals surface area contributed by atoms with Crippen LogP contribution in [-0.4, -0.2) is 22.9 Å². The summed E-state index contributed by atoms with van der Waals surface area (Å²) in [5.74, 6) is 0.156. The highest BCUT2D eigenvalue weighted by Crippen LogP contribution is 2.12. The van der Waals surface area contributed by atoms with Crippen LogP contribution in [-0.2, 0) is 4.79 Å². The summed E-state index contributed by atoms with van der Waals surface area (Å²) in [7, 11) is 0. The van der Waals surface area contributed by atoms with E-state index in [1.165, 1.54) is 0 Å². The van der Waals surface area contributed by atoms with Crippen molar-refractivity contribution in [1.82, 2.24) is 4.90 Å². The Labute approximate surface area is 82.3 Å². The topological polar surface area (TPSA) is 20.3 Å². The largest absolute Gasteiger partial charge is 0.337 e. The molecule has 2 atom stereocenters. The van der Waals surface area contributed by atoms with E-state index in [0.717, 1.165) is 12.8 Å². The monoisotopic (exact) mass is 184 g/mol. The van der Waals surface area contributed by atoms with Crippen LogP contribution >= 0.6 is 0 Å². The van der Waals surface area contributed by atoms with Crippen molar-refractivity contribution in [2.75, 3.05) is 0 Å². The van der Waals surface area contributed by atoms with Crippen molar-refractivity contribution in [3.05, 3.63) is 6.42 Å². The molecule has 2 unspecified atom stereocenters. The van der Waals surface area contributed by atoms with E-state index in [-0.39, 0.29) is 5.91 Å². The van der Waals surface area contributed by atoms with Crippen molar-refractivity contribution in [2.45, 2.75) is 59.5 Å². The lowest BCUT2D eigenvalue weighted by molar-refractivity contribution is -0.131. The molecule has 1 amide bonds. The first kappa shape index (κ1) is 12.5. The fourth-order valence-electron chi connectivity index (χ4n) is 1.41. The van der Waals surface area contributed by atoms with E-state index < -0.39 is 0 Å². The maximum atomic E-state index is 11.6. The van der Waals surface area contributed by atoms with Gasteiger partial charge in [-0.25, -0.2) is 0 Å². The zero-order valence-electron chi connectivity index (χ0n) is 9.50. The van der Waals surface area contributed by atoms with Gasteiger partial charge in [0.2, 0.25) is 5.91 Å². The van der Waals surface area contributed by atoms with E-state index in [9.17, 15) is 4.79 Å². The van der Waals surface area contributed by atoms with Gasteiger partial charge in [-0.05, 0) is 26.7 Å². The molecule has 0 bridgehead atoms. The van der Waals surface area contributed by atoms with Crippen molar-refractivity contribution in [3.8, 4) is 0 Å². The lowest BCUT2D eigenvalue weighted by Crippen LogP contribution is -2.44. The van der Waals surface area contributed by atoms with Crippen molar-refractivity contribution in [1.29, 1.82) is 0 Å². The van der Waals surface area contributed by atoms with Gasteiger partial charge in [-0.3, -0.25) is 4.79 Å². The summed E-state index contributed by atoms with van der Waals surface area (Å²) in [5.41, 5.74) is 0. The average molecular weight is 184 g/mol. The normalized spacial score (nSPS) is 15.2. The van der Waals surface area contributed by atoms with E-state index in [2.05, 4.69) is 27.7 Å². The van der Waals surface area contributed by atoms with Gasteiger partial charge in [-0.2, -0.15) is 0 Å². The molecule has 0 aromatic heterocycles. The van der Waals surface area contributed by atoms with Crippen LogP contribution < -0.4 is 0 Å². The predicted octanol–water partition coefficient (Wildman–Crippen LogP) is 2.64. The van der Waals surface area contributed by atoms with Gasteiger partial charge in [0.05, 0.1) is 0 Å². The first-order chi connectivity index (χ1) is 6.08. The number of rotatable bonds is 5. The number of hydrogen-bond acceptors (Lipinski definition) is 1. The summed E-state index contributed by atoms with van der Waals surface area (Å²) in [5, 5.41) is 0. The van der Waals surface area contributed by atoms with Gasteiger partial charge in [0.15, 0.2) is 0 Å². The summed E-state index contributed by atoms with van der Waals surface area (Å²) < 4.78 is 0. The highest BCUT2D eigenvalue weighted by Gasteiger charge is 2.21. The van der Waals surface area contributed by atoms with E-state index in [0.29, 0.717) is 12.1 Å². The maximum absolute atomic E-state index is 11.6. The minimum Gasteiger partial charge on any atom is -0.337 e. The molecule has 0 fully saturated rings. The predicted molar refractivity (Wildman–Crippen MR) is 56.3 cm³/mol. The highest BCUT2D eigenvalue weighted by molar-refractivity contribution is 5.84. The summed E-state index contributed by atoms with van der Waals surface area (Å²) in [6.45, 7) is 10.2. The molecular weight excluding hydrogens is 162 g/mol. The van der Waals surface area contributed by atoms with Crippen LogP contribution in [0.3, 0.4) is 0 Å². The number of carbonyl (C=O) groups excluding carboxylic acids is 1. The first-order valence-electron chi connectivity index (χ1n) is 5.20. The molecule has 0 heterocycles. The fourth-order valence-corrected chi connectivity index (χ4v) is 1.41. The molecule has 0 aliphatic heterocycles. The summed E-state index contributed by atoms with van der Waals surface area (Å²) in [6, 6.07) is 0.692. The van der Waals surface area contributed by atoms with Gasteiger partial charge >= 0.3 is 0 Å².